The minimum absolute atomic E-state index is 0.147. The Kier molecular flexibility index (Phi) is 1.53. The Balaban J connectivity index is 2.45. The molecule has 1 atom stereocenters. The number of hydrogen-bond acceptors (Lipinski definition) is 2. The molecule has 1 aromatic rings. The quantitative estimate of drug-likeness (QED) is 0.549. The Bertz CT molecular complexity index is 304. The highest BCUT2D eigenvalue weighted by Crippen LogP contribution is 2.36. The van der Waals surface area contributed by atoms with Gasteiger partial charge in [0, 0.05) is 11.1 Å². The third-order valence-electron chi connectivity index (χ3n) is 2.61. The number of fused-ring (bicyclic) bond motifs is 1. The molecule has 1 aromatic heterocycles. The van der Waals surface area contributed by atoms with Crippen molar-refractivity contribution in [3.63, 3.8) is 0 Å². The van der Waals surface area contributed by atoms with E-state index >= 15 is 0 Å². The molecule has 0 radical (unpaired) electrons. The van der Waals surface area contributed by atoms with Crippen LogP contribution in [0.25, 0.3) is 0 Å². The van der Waals surface area contributed by atoms with Crippen molar-refractivity contribution < 1.29 is 10.2 Å². The van der Waals surface area contributed by atoms with E-state index in [4.69, 9.17) is 0 Å². The van der Waals surface area contributed by atoms with Gasteiger partial charge in [0.05, 0.1) is 0 Å². The maximum Gasteiger partial charge on any atom is 0.194 e. The first-order valence-electron chi connectivity index (χ1n) is 4.30. The zero-order chi connectivity index (χ0) is 8.72. The van der Waals surface area contributed by atoms with Gasteiger partial charge in [0.1, 0.15) is 0 Å². The standard InChI is InChI=1S/C9H13NO2/c1-5-2-3-6-7(4-5)9(12)10-8(6)11/h5,10-12H,2-4H2,1H3. The van der Waals surface area contributed by atoms with Gasteiger partial charge in [-0.25, -0.2) is 0 Å². The molecule has 0 fully saturated rings. The van der Waals surface area contributed by atoms with Crippen LogP contribution >= 0.6 is 0 Å². The average Bonchev–Trinajstić information content (AvgIpc) is 2.28. The van der Waals surface area contributed by atoms with Gasteiger partial charge in [-0.2, -0.15) is 0 Å². The highest BCUT2D eigenvalue weighted by atomic mass is 16.3. The second-order valence-electron chi connectivity index (χ2n) is 3.63. The van der Waals surface area contributed by atoms with E-state index in [2.05, 4.69) is 11.9 Å². The van der Waals surface area contributed by atoms with Crippen molar-refractivity contribution >= 4 is 0 Å². The van der Waals surface area contributed by atoms with Crippen LogP contribution in [0.4, 0.5) is 0 Å². The molecule has 0 spiro atoms. The largest absolute Gasteiger partial charge is 0.494 e. The lowest BCUT2D eigenvalue weighted by atomic mass is 9.87. The van der Waals surface area contributed by atoms with Gasteiger partial charge in [0.2, 0.25) is 0 Å². The molecule has 3 N–H and O–H groups in total. The molecule has 66 valence electrons. The Morgan fingerprint density at radius 2 is 1.92 bits per heavy atom. The maximum atomic E-state index is 9.38. The van der Waals surface area contributed by atoms with Crippen LogP contribution in [0.15, 0.2) is 0 Å². The molecular weight excluding hydrogens is 154 g/mol. The number of aromatic amines is 1. The highest BCUT2D eigenvalue weighted by molar-refractivity contribution is 5.44. The summed E-state index contributed by atoms with van der Waals surface area (Å²) in [7, 11) is 0. The second kappa shape index (κ2) is 2.44. The Morgan fingerprint density at radius 3 is 2.67 bits per heavy atom. The van der Waals surface area contributed by atoms with Gasteiger partial charge in [-0.3, -0.25) is 4.98 Å². The lowest BCUT2D eigenvalue weighted by molar-refractivity contribution is 0.422. The van der Waals surface area contributed by atoms with Crippen molar-refractivity contribution in [1.29, 1.82) is 0 Å². The van der Waals surface area contributed by atoms with E-state index in [1.54, 1.807) is 0 Å². The smallest absolute Gasteiger partial charge is 0.194 e. The third-order valence-corrected chi connectivity index (χ3v) is 2.61. The number of aromatic hydroxyl groups is 2. The molecule has 0 aromatic carbocycles. The zero-order valence-corrected chi connectivity index (χ0v) is 7.09. The Hall–Kier alpha value is -1.12. The van der Waals surface area contributed by atoms with E-state index in [9.17, 15) is 10.2 Å². The fourth-order valence-corrected chi connectivity index (χ4v) is 1.88. The molecule has 1 heterocycles. The number of hydrogen-bond donors (Lipinski definition) is 3. The normalized spacial score (nSPS) is 22.2. The minimum Gasteiger partial charge on any atom is -0.494 e. The molecule has 3 heteroatoms. The van der Waals surface area contributed by atoms with Crippen LogP contribution < -0.4 is 0 Å². The van der Waals surface area contributed by atoms with Crippen molar-refractivity contribution in [2.75, 3.05) is 0 Å². The molecule has 3 nitrogen and oxygen atoms in total. The molecule has 0 aliphatic heterocycles. The Morgan fingerprint density at radius 1 is 1.25 bits per heavy atom. The van der Waals surface area contributed by atoms with Crippen LogP contribution in [0.5, 0.6) is 11.8 Å². The van der Waals surface area contributed by atoms with Gasteiger partial charge in [-0.1, -0.05) is 6.92 Å². The van der Waals surface area contributed by atoms with Crippen LogP contribution in [0, 0.1) is 5.92 Å². The summed E-state index contributed by atoms with van der Waals surface area (Å²) in [6, 6.07) is 0. The molecule has 0 amide bonds. The topological polar surface area (TPSA) is 56.2 Å². The fourth-order valence-electron chi connectivity index (χ4n) is 1.88. The Labute approximate surface area is 71.0 Å². The summed E-state index contributed by atoms with van der Waals surface area (Å²) in [6.07, 6.45) is 2.84. The number of nitrogens with one attached hydrogen (secondary N) is 1. The van der Waals surface area contributed by atoms with E-state index in [1.165, 1.54) is 0 Å². The summed E-state index contributed by atoms with van der Waals surface area (Å²) < 4.78 is 0. The zero-order valence-electron chi connectivity index (χ0n) is 7.09. The van der Waals surface area contributed by atoms with Gasteiger partial charge in [-0.05, 0) is 25.2 Å². The third kappa shape index (κ3) is 0.967. The van der Waals surface area contributed by atoms with Crippen LogP contribution in [0.2, 0.25) is 0 Å². The van der Waals surface area contributed by atoms with Gasteiger partial charge < -0.3 is 10.2 Å². The van der Waals surface area contributed by atoms with Crippen molar-refractivity contribution in [2.24, 2.45) is 5.92 Å². The van der Waals surface area contributed by atoms with Crippen LogP contribution in [0.1, 0.15) is 24.5 Å². The SMILES string of the molecule is CC1CCc2c(O)[nH]c(O)c2C1. The van der Waals surface area contributed by atoms with Gasteiger partial charge in [0.25, 0.3) is 0 Å². The van der Waals surface area contributed by atoms with Gasteiger partial charge in [0.15, 0.2) is 11.8 Å². The summed E-state index contributed by atoms with van der Waals surface area (Å²) in [4.78, 5) is 2.55. The monoisotopic (exact) mass is 167 g/mol. The first-order valence-corrected chi connectivity index (χ1v) is 4.30. The van der Waals surface area contributed by atoms with Crippen LogP contribution in [-0.4, -0.2) is 15.2 Å². The maximum absolute atomic E-state index is 9.38. The van der Waals surface area contributed by atoms with Crippen molar-refractivity contribution in [3.8, 4) is 11.8 Å². The summed E-state index contributed by atoms with van der Waals surface area (Å²) in [5.41, 5.74) is 1.82. The predicted molar refractivity (Wildman–Crippen MR) is 45.3 cm³/mol. The van der Waals surface area contributed by atoms with E-state index in [0.717, 1.165) is 30.4 Å². The van der Waals surface area contributed by atoms with E-state index < -0.39 is 0 Å². The summed E-state index contributed by atoms with van der Waals surface area (Å²) in [5, 5.41) is 18.7. The summed E-state index contributed by atoms with van der Waals surface area (Å²) in [6.45, 7) is 2.16. The van der Waals surface area contributed by atoms with Crippen molar-refractivity contribution in [2.45, 2.75) is 26.2 Å². The first-order chi connectivity index (χ1) is 5.68. The second-order valence-corrected chi connectivity index (χ2v) is 3.63. The lowest BCUT2D eigenvalue weighted by Gasteiger charge is -2.17. The first kappa shape index (κ1) is 7.53. The molecule has 2 rings (SSSR count). The van der Waals surface area contributed by atoms with Gasteiger partial charge >= 0.3 is 0 Å². The lowest BCUT2D eigenvalue weighted by Crippen LogP contribution is -2.09. The average molecular weight is 167 g/mol. The molecule has 1 aliphatic rings. The fraction of sp³-hybridized carbons (Fsp3) is 0.556. The molecule has 0 saturated carbocycles. The van der Waals surface area contributed by atoms with E-state index in [0.29, 0.717) is 5.92 Å². The molecule has 0 bridgehead atoms. The van der Waals surface area contributed by atoms with Gasteiger partial charge in [-0.15, -0.1) is 0 Å². The number of aromatic nitrogens is 1. The number of H-pyrrole nitrogens is 1. The molecule has 0 saturated heterocycles. The predicted octanol–water partition coefficient (Wildman–Crippen LogP) is 1.55. The van der Waals surface area contributed by atoms with E-state index in [-0.39, 0.29) is 11.8 Å². The van der Waals surface area contributed by atoms with E-state index in [1.807, 2.05) is 0 Å². The van der Waals surface area contributed by atoms with Crippen LogP contribution in [-0.2, 0) is 12.8 Å². The molecule has 1 aliphatic carbocycles. The van der Waals surface area contributed by atoms with Crippen LogP contribution in [0.3, 0.4) is 0 Å². The summed E-state index contributed by atoms with van der Waals surface area (Å²) >= 11 is 0. The van der Waals surface area contributed by atoms with Crippen molar-refractivity contribution in [1.82, 2.24) is 4.98 Å². The van der Waals surface area contributed by atoms with Crippen molar-refractivity contribution in [3.05, 3.63) is 11.1 Å². The highest BCUT2D eigenvalue weighted by Gasteiger charge is 2.23. The molecule has 12 heavy (non-hydrogen) atoms. The summed E-state index contributed by atoms with van der Waals surface area (Å²) in [5.74, 6) is 0.905. The number of rotatable bonds is 0. The molecular formula is C9H13NO2. The molecule has 1 unspecified atom stereocenters. The minimum atomic E-state index is 0.147.